The molecule has 0 radical (unpaired) electrons. The molecule has 0 aromatic heterocycles. The molecule has 0 heterocycles. The normalized spacial score (nSPS) is 11.3. The van der Waals surface area contributed by atoms with E-state index < -0.39 is 55.6 Å². The molecular weight excluding hydrogens is 368 g/mol. The number of rotatable bonds is 15. The van der Waals surface area contributed by atoms with Crippen LogP contribution < -0.4 is 10.6 Å². The number of carboxylic acids is 2. The van der Waals surface area contributed by atoms with E-state index >= 15 is 0 Å². The summed E-state index contributed by atoms with van der Waals surface area (Å²) in [5.74, 6) is -4.18. The van der Waals surface area contributed by atoms with Crippen molar-refractivity contribution in [3.63, 3.8) is 0 Å². The zero-order valence-corrected chi connectivity index (χ0v) is 14.9. The quantitative estimate of drug-likeness (QED) is 0.182. The second-order valence-electron chi connectivity index (χ2n) is 5.26. The number of carboxylic acid groups (broad SMARTS) is 2. The third-order valence-corrected chi connectivity index (χ3v) is 2.98. The molecule has 0 aliphatic rings. The third-order valence-electron chi connectivity index (χ3n) is 2.98. The maximum Gasteiger partial charge on any atom is 0.329 e. The summed E-state index contributed by atoms with van der Waals surface area (Å²) >= 11 is 0. The molecule has 0 saturated carbocycles. The van der Waals surface area contributed by atoms with Crippen molar-refractivity contribution in [1.82, 2.24) is 10.6 Å². The average Bonchev–Trinajstić information content (AvgIpc) is 2.59. The van der Waals surface area contributed by atoms with Gasteiger partial charge in [-0.05, 0) is 19.3 Å². The van der Waals surface area contributed by atoms with Crippen LogP contribution in [0.5, 0.6) is 0 Å². The average molecular weight is 392 g/mol. The van der Waals surface area contributed by atoms with Crippen molar-refractivity contribution in [3.8, 4) is 0 Å². The highest BCUT2D eigenvalue weighted by molar-refractivity contribution is 5.85. The lowest BCUT2D eigenvalue weighted by Crippen LogP contribution is -2.43. The van der Waals surface area contributed by atoms with Crippen LogP contribution in [-0.4, -0.2) is 86.1 Å². The van der Waals surface area contributed by atoms with E-state index in [1.54, 1.807) is 0 Å². The Bertz CT molecular complexity index is 523. The molecule has 2 amide bonds. The number of hydrogen-bond acceptors (Lipinski definition) is 8. The molecule has 0 fully saturated rings. The monoisotopic (exact) mass is 392 g/mol. The number of carbonyl (C=O) groups excluding carboxylic acids is 3. The van der Waals surface area contributed by atoms with Crippen LogP contribution in [0.4, 0.5) is 0 Å². The van der Waals surface area contributed by atoms with Crippen LogP contribution in [0.3, 0.4) is 0 Å². The Balaban J connectivity index is 4.05. The zero-order chi connectivity index (χ0) is 20.7. The fraction of sp³-hybridized carbons (Fsp3) is 0.667. The van der Waals surface area contributed by atoms with Crippen molar-refractivity contribution in [2.24, 2.45) is 0 Å². The van der Waals surface area contributed by atoms with Crippen molar-refractivity contribution >= 4 is 29.7 Å². The molecule has 12 heteroatoms. The number of carbonyl (C=O) groups is 5. The van der Waals surface area contributed by atoms with Gasteiger partial charge in [-0.3, -0.25) is 9.59 Å². The Labute approximate surface area is 155 Å². The Morgan fingerprint density at radius 2 is 1.41 bits per heavy atom. The number of amides is 2. The number of aliphatic carboxylic acids is 2. The standard InChI is InChI=1S/C15H24N2O10/c1-25-15(24)10(17-12(19)7-27-9-14(22)23)4-2-3-5-16-11(18)6-26-8-13(20)21/h10H,2-9H2,1H3,(H,16,18)(H,17,19)(H,20,21)(H,22,23)/t10-/m0/s1. The molecule has 0 bridgehead atoms. The predicted octanol–water partition coefficient (Wildman–Crippen LogP) is -1.87. The number of hydrogen-bond donors (Lipinski definition) is 4. The fourth-order valence-corrected chi connectivity index (χ4v) is 1.84. The minimum Gasteiger partial charge on any atom is -0.480 e. The Morgan fingerprint density at radius 3 is 1.93 bits per heavy atom. The van der Waals surface area contributed by atoms with Gasteiger partial charge in [-0.2, -0.15) is 0 Å². The van der Waals surface area contributed by atoms with E-state index in [9.17, 15) is 24.0 Å². The summed E-state index contributed by atoms with van der Waals surface area (Å²) in [6.45, 7) is -1.80. The number of methoxy groups -OCH3 is 1. The van der Waals surface area contributed by atoms with E-state index in [0.717, 1.165) is 0 Å². The Hall–Kier alpha value is -2.73. The van der Waals surface area contributed by atoms with Crippen LogP contribution in [0, 0.1) is 0 Å². The molecule has 1 atom stereocenters. The van der Waals surface area contributed by atoms with Crippen LogP contribution in [0.1, 0.15) is 19.3 Å². The van der Waals surface area contributed by atoms with Gasteiger partial charge in [0, 0.05) is 6.54 Å². The molecule has 0 spiro atoms. The minimum absolute atomic E-state index is 0.239. The summed E-state index contributed by atoms with van der Waals surface area (Å²) in [6, 6.07) is -0.925. The van der Waals surface area contributed by atoms with Gasteiger partial charge in [0.05, 0.1) is 7.11 Å². The van der Waals surface area contributed by atoms with Crippen LogP contribution >= 0.6 is 0 Å². The highest BCUT2D eigenvalue weighted by Gasteiger charge is 2.21. The minimum atomic E-state index is -1.22. The van der Waals surface area contributed by atoms with Gasteiger partial charge in [-0.25, -0.2) is 14.4 Å². The van der Waals surface area contributed by atoms with Crippen molar-refractivity contribution < 1.29 is 48.4 Å². The zero-order valence-electron chi connectivity index (χ0n) is 14.9. The van der Waals surface area contributed by atoms with Gasteiger partial charge in [0.1, 0.15) is 32.5 Å². The van der Waals surface area contributed by atoms with Crippen molar-refractivity contribution in [2.45, 2.75) is 25.3 Å². The summed E-state index contributed by atoms with van der Waals surface area (Å²) in [4.78, 5) is 55.2. The number of nitrogens with one attached hydrogen (secondary N) is 2. The molecular formula is C15H24N2O10. The first-order valence-corrected chi connectivity index (χ1v) is 7.99. The first-order valence-electron chi connectivity index (χ1n) is 7.99. The molecule has 12 nitrogen and oxygen atoms in total. The van der Waals surface area contributed by atoms with E-state index in [1.165, 1.54) is 7.11 Å². The molecule has 0 aliphatic heterocycles. The second-order valence-corrected chi connectivity index (χ2v) is 5.26. The lowest BCUT2D eigenvalue weighted by Gasteiger charge is -2.16. The summed E-state index contributed by atoms with van der Waals surface area (Å²) in [5, 5.41) is 21.7. The molecule has 27 heavy (non-hydrogen) atoms. The first kappa shape index (κ1) is 24.3. The van der Waals surface area contributed by atoms with Gasteiger partial charge in [0.15, 0.2) is 0 Å². The highest BCUT2D eigenvalue weighted by Crippen LogP contribution is 2.03. The van der Waals surface area contributed by atoms with E-state index in [-0.39, 0.29) is 19.6 Å². The van der Waals surface area contributed by atoms with Crippen molar-refractivity contribution in [1.29, 1.82) is 0 Å². The Kier molecular flexibility index (Phi) is 13.0. The molecule has 0 unspecified atom stereocenters. The third kappa shape index (κ3) is 14.2. The smallest absolute Gasteiger partial charge is 0.329 e. The number of unbranched alkanes of at least 4 members (excludes halogenated alkanes) is 1. The van der Waals surface area contributed by atoms with Crippen molar-refractivity contribution in [3.05, 3.63) is 0 Å². The maximum atomic E-state index is 11.7. The van der Waals surface area contributed by atoms with Crippen LogP contribution in [0.15, 0.2) is 0 Å². The second kappa shape index (κ2) is 14.4. The van der Waals surface area contributed by atoms with Gasteiger partial charge in [-0.15, -0.1) is 0 Å². The van der Waals surface area contributed by atoms with E-state index in [1.807, 2.05) is 0 Å². The molecule has 0 saturated heterocycles. The highest BCUT2D eigenvalue weighted by atomic mass is 16.5. The molecule has 0 aliphatic carbocycles. The van der Waals surface area contributed by atoms with Gasteiger partial charge in [0.2, 0.25) is 11.8 Å². The lowest BCUT2D eigenvalue weighted by atomic mass is 10.1. The lowest BCUT2D eigenvalue weighted by molar-refractivity contribution is -0.148. The molecule has 0 rings (SSSR count). The van der Waals surface area contributed by atoms with E-state index in [2.05, 4.69) is 24.8 Å². The van der Waals surface area contributed by atoms with Crippen LogP contribution in [0.2, 0.25) is 0 Å². The van der Waals surface area contributed by atoms with Gasteiger partial charge >= 0.3 is 17.9 Å². The van der Waals surface area contributed by atoms with Crippen LogP contribution in [-0.2, 0) is 38.2 Å². The predicted molar refractivity (Wildman–Crippen MR) is 87.7 cm³/mol. The maximum absolute atomic E-state index is 11.7. The molecule has 4 N–H and O–H groups in total. The summed E-state index contributed by atoms with van der Waals surface area (Å²) < 4.78 is 13.8. The van der Waals surface area contributed by atoms with Gasteiger partial charge in [0.25, 0.3) is 0 Å². The SMILES string of the molecule is COC(=O)[C@H](CCCCNC(=O)COCC(=O)O)NC(=O)COCC(=O)O. The molecule has 0 aromatic carbocycles. The molecule has 154 valence electrons. The number of ether oxygens (including phenoxy) is 3. The van der Waals surface area contributed by atoms with Gasteiger partial charge in [-0.1, -0.05) is 0 Å². The Morgan fingerprint density at radius 1 is 0.852 bits per heavy atom. The van der Waals surface area contributed by atoms with Crippen LogP contribution in [0.25, 0.3) is 0 Å². The van der Waals surface area contributed by atoms with E-state index in [0.29, 0.717) is 12.8 Å². The number of esters is 1. The molecule has 0 aromatic rings. The summed E-state index contributed by atoms with van der Waals surface area (Å²) in [6.07, 6.45) is 1.19. The summed E-state index contributed by atoms with van der Waals surface area (Å²) in [5.41, 5.74) is 0. The topological polar surface area (TPSA) is 178 Å². The van der Waals surface area contributed by atoms with Gasteiger partial charge < -0.3 is 35.1 Å². The largest absolute Gasteiger partial charge is 0.480 e. The fourth-order valence-electron chi connectivity index (χ4n) is 1.84. The van der Waals surface area contributed by atoms with E-state index in [4.69, 9.17) is 10.2 Å². The first-order chi connectivity index (χ1) is 12.8. The van der Waals surface area contributed by atoms with Crippen molar-refractivity contribution in [2.75, 3.05) is 40.1 Å². The summed E-state index contributed by atoms with van der Waals surface area (Å²) in [7, 11) is 1.17.